The van der Waals surface area contributed by atoms with Gasteiger partial charge in [0.05, 0.1) is 19.9 Å². The van der Waals surface area contributed by atoms with E-state index in [0.29, 0.717) is 5.41 Å². The van der Waals surface area contributed by atoms with E-state index in [2.05, 4.69) is 24.1 Å². The highest BCUT2D eigenvalue weighted by molar-refractivity contribution is 5.42. The zero-order chi connectivity index (χ0) is 13.9. The Morgan fingerprint density at radius 2 is 2.05 bits per heavy atom. The molecule has 106 valence electrons. The molecule has 1 heterocycles. The molecule has 1 aromatic rings. The third kappa shape index (κ3) is 3.00. The van der Waals surface area contributed by atoms with Crippen LogP contribution < -0.4 is 14.8 Å². The molecule has 19 heavy (non-hydrogen) atoms. The van der Waals surface area contributed by atoms with Gasteiger partial charge in [0.25, 0.3) is 0 Å². The molecular formula is C15H24N2O2. The molecule has 2 rings (SSSR count). The predicted molar refractivity (Wildman–Crippen MR) is 75.6 cm³/mol. The lowest BCUT2D eigenvalue weighted by atomic mass is 9.92. The lowest BCUT2D eigenvalue weighted by molar-refractivity contribution is 0.329. The number of hydrogen-bond acceptors (Lipinski definition) is 4. The van der Waals surface area contributed by atoms with Crippen molar-refractivity contribution in [2.45, 2.75) is 33.2 Å². The fourth-order valence-corrected chi connectivity index (χ4v) is 2.53. The largest absolute Gasteiger partial charge is 0.493 e. The van der Waals surface area contributed by atoms with Crippen LogP contribution in [0.15, 0.2) is 12.3 Å². The Labute approximate surface area is 115 Å². The van der Waals surface area contributed by atoms with E-state index < -0.39 is 0 Å². The summed E-state index contributed by atoms with van der Waals surface area (Å²) >= 11 is 0. The monoisotopic (exact) mass is 264 g/mol. The molecule has 1 aliphatic rings. The second kappa shape index (κ2) is 5.78. The van der Waals surface area contributed by atoms with Crippen molar-refractivity contribution in [2.75, 3.05) is 20.8 Å². The van der Waals surface area contributed by atoms with Gasteiger partial charge in [-0.05, 0) is 24.2 Å². The Morgan fingerprint density at radius 1 is 1.32 bits per heavy atom. The number of pyridine rings is 1. The molecule has 1 aromatic heterocycles. The lowest BCUT2D eigenvalue weighted by Crippen LogP contribution is -2.27. The summed E-state index contributed by atoms with van der Waals surface area (Å²) in [6.45, 7) is 6.37. The van der Waals surface area contributed by atoms with Crippen molar-refractivity contribution >= 4 is 0 Å². The zero-order valence-corrected chi connectivity index (χ0v) is 12.3. The highest BCUT2D eigenvalue weighted by Gasteiger charge is 2.44. The van der Waals surface area contributed by atoms with Gasteiger partial charge in [0.2, 0.25) is 0 Å². The summed E-state index contributed by atoms with van der Waals surface area (Å²) in [6, 6.07) is 1.82. The fraction of sp³-hybridized carbons (Fsp3) is 0.667. The molecule has 0 radical (unpaired) electrons. The third-order valence-electron chi connectivity index (χ3n) is 4.25. The average Bonchev–Trinajstić information content (AvgIpc) is 3.19. The summed E-state index contributed by atoms with van der Waals surface area (Å²) in [5.74, 6) is 2.20. The standard InChI is InChI=1S/C15H24N2O2/c1-11(2)15(6-7-15)10-16-9-12-14(19-4)13(18-3)5-8-17-12/h5,8,11,16H,6-7,9-10H2,1-4H3. The van der Waals surface area contributed by atoms with Gasteiger partial charge in [0.15, 0.2) is 11.5 Å². The first-order valence-electron chi connectivity index (χ1n) is 6.89. The van der Waals surface area contributed by atoms with E-state index >= 15 is 0 Å². The molecule has 1 aliphatic carbocycles. The van der Waals surface area contributed by atoms with Gasteiger partial charge < -0.3 is 14.8 Å². The molecule has 0 bridgehead atoms. The molecule has 0 saturated heterocycles. The lowest BCUT2D eigenvalue weighted by Gasteiger charge is -2.20. The SMILES string of the molecule is COc1ccnc(CNCC2(C(C)C)CC2)c1OC. The summed E-state index contributed by atoms with van der Waals surface area (Å²) in [5.41, 5.74) is 1.41. The van der Waals surface area contributed by atoms with Crippen LogP contribution in [0.3, 0.4) is 0 Å². The molecule has 0 amide bonds. The summed E-state index contributed by atoms with van der Waals surface area (Å²) in [4.78, 5) is 4.38. The molecule has 4 heteroatoms. The number of aromatic nitrogens is 1. The van der Waals surface area contributed by atoms with E-state index in [9.17, 15) is 0 Å². The minimum atomic E-state index is 0.506. The van der Waals surface area contributed by atoms with Crippen LogP contribution in [0.1, 0.15) is 32.4 Å². The maximum Gasteiger partial charge on any atom is 0.183 e. The van der Waals surface area contributed by atoms with Crippen LogP contribution in [-0.2, 0) is 6.54 Å². The van der Waals surface area contributed by atoms with Crippen LogP contribution in [0.5, 0.6) is 11.5 Å². The highest BCUT2D eigenvalue weighted by Crippen LogP contribution is 2.51. The van der Waals surface area contributed by atoms with Gasteiger partial charge in [0, 0.05) is 25.4 Å². The molecule has 0 aromatic carbocycles. The highest BCUT2D eigenvalue weighted by atomic mass is 16.5. The predicted octanol–water partition coefficient (Wildman–Crippen LogP) is 2.62. The molecule has 1 N–H and O–H groups in total. The average molecular weight is 264 g/mol. The van der Waals surface area contributed by atoms with Gasteiger partial charge in [0.1, 0.15) is 0 Å². The van der Waals surface area contributed by atoms with E-state index in [1.807, 2.05) is 6.07 Å². The van der Waals surface area contributed by atoms with Crippen molar-refractivity contribution < 1.29 is 9.47 Å². The van der Waals surface area contributed by atoms with Crippen molar-refractivity contribution in [1.29, 1.82) is 0 Å². The van der Waals surface area contributed by atoms with Crippen LogP contribution in [-0.4, -0.2) is 25.7 Å². The quantitative estimate of drug-likeness (QED) is 0.822. The van der Waals surface area contributed by atoms with E-state index in [4.69, 9.17) is 9.47 Å². The minimum absolute atomic E-state index is 0.506. The van der Waals surface area contributed by atoms with Gasteiger partial charge in [-0.3, -0.25) is 4.98 Å². The van der Waals surface area contributed by atoms with Gasteiger partial charge in [-0.2, -0.15) is 0 Å². The first-order valence-corrected chi connectivity index (χ1v) is 6.89. The van der Waals surface area contributed by atoms with Crippen molar-refractivity contribution in [2.24, 2.45) is 11.3 Å². The summed E-state index contributed by atoms with van der Waals surface area (Å²) < 4.78 is 10.7. The molecule has 0 atom stereocenters. The van der Waals surface area contributed by atoms with Crippen LogP contribution in [0.2, 0.25) is 0 Å². The summed E-state index contributed by atoms with van der Waals surface area (Å²) in [5, 5.41) is 3.51. The van der Waals surface area contributed by atoms with Gasteiger partial charge >= 0.3 is 0 Å². The number of rotatable bonds is 7. The van der Waals surface area contributed by atoms with Gasteiger partial charge in [-0.1, -0.05) is 13.8 Å². The third-order valence-corrected chi connectivity index (χ3v) is 4.25. The number of ether oxygens (including phenoxy) is 2. The van der Waals surface area contributed by atoms with E-state index in [-0.39, 0.29) is 0 Å². The van der Waals surface area contributed by atoms with Crippen LogP contribution >= 0.6 is 0 Å². The minimum Gasteiger partial charge on any atom is -0.493 e. The Bertz CT molecular complexity index is 428. The second-order valence-electron chi connectivity index (χ2n) is 5.61. The van der Waals surface area contributed by atoms with Crippen LogP contribution in [0.25, 0.3) is 0 Å². The number of nitrogens with zero attached hydrogens (tertiary/aromatic N) is 1. The molecule has 1 saturated carbocycles. The van der Waals surface area contributed by atoms with Crippen LogP contribution in [0.4, 0.5) is 0 Å². The van der Waals surface area contributed by atoms with Gasteiger partial charge in [-0.15, -0.1) is 0 Å². The van der Waals surface area contributed by atoms with Gasteiger partial charge in [-0.25, -0.2) is 0 Å². The molecule has 4 nitrogen and oxygen atoms in total. The topological polar surface area (TPSA) is 43.4 Å². The number of methoxy groups -OCH3 is 2. The Hall–Kier alpha value is -1.29. The normalized spacial score (nSPS) is 16.5. The van der Waals surface area contributed by atoms with Crippen molar-refractivity contribution in [3.63, 3.8) is 0 Å². The first kappa shape index (κ1) is 14.1. The molecular weight excluding hydrogens is 240 g/mol. The smallest absolute Gasteiger partial charge is 0.183 e. The maximum absolute atomic E-state index is 5.39. The summed E-state index contributed by atoms with van der Waals surface area (Å²) in [7, 11) is 3.30. The first-order chi connectivity index (χ1) is 9.13. The van der Waals surface area contributed by atoms with Crippen molar-refractivity contribution in [3.05, 3.63) is 18.0 Å². The molecule has 0 spiro atoms. The Morgan fingerprint density at radius 3 is 2.58 bits per heavy atom. The second-order valence-corrected chi connectivity index (χ2v) is 5.61. The van der Waals surface area contributed by atoms with Crippen molar-refractivity contribution in [3.8, 4) is 11.5 Å². The fourth-order valence-electron chi connectivity index (χ4n) is 2.53. The molecule has 0 aliphatic heterocycles. The molecule has 1 fully saturated rings. The summed E-state index contributed by atoms with van der Waals surface area (Å²) in [6.07, 6.45) is 4.42. The Balaban J connectivity index is 1.96. The maximum atomic E-state index is 5.39. The Kier molecular flexibility index (Phi) is 4.30. The zero-order valence-electron chi connectivity index (χ0n) is 12.3. The van der Waals surface area contributed by atoms with E-state index in [0.717, 1.165) is 36.2 Å². The van der Waals surface area contributed by atoms with E-state index in [1.165, 1.54) is 12.8 Å². The number of hydrogen-bond donors (Lipinski definition) is 1. The molecule has 0 unspecified atom stereocenters. The van der Waals surface area contributed by atoms with E-state index in [1.54, 1.807) is 20.4 Å². The van der Waals surface area contributed by atoms with Crippen LogP contribution in [0, 0.1) is 11.3 Å². The number of nitrogens with one attached hydrogen (secondary N) is 1. The van der Waals surface area contributed by atoms with Crippen molar-refractivity contribution in [1.82, 2.24) is 10.3 Å².